The van der Waals surface area contributed by atoms with Gasteiger partial charge in [-0.3, -0.25) is 4.79 Å². The van der Waals surface area contributed by atoms with Crippen LogP contribution in [-0.2, 0) is 9.53 Å². The van der Waals surface area contributed by atoms with Gasteiger partial charge in [0.15, 0.2) is 0 Å². The van der Waals surface area contributed by atoms with E-state index >= 15 is 0 Å². The molecule has 0 bridgehead atoms. The van der Waals surface area contributed by atoms with Crippen molar-refractivity contribution in [2.75, 3.05) is 26.8 Å². The Morgan fingerprint density at radius 3 is 2.76 bits per heavy atom. The minimum absolute atomic E-state index is 0.0415. The topological polar surface area (TPSA) is 84.6 Å². The predicted molar refractivity (Wildman–Crippen MR) is 65.5 cm³/mol. The molecule has 0 heterocycles. The third-order valence-corrected chi connectivity index (χ3v) is 3.54. The molecule has 0 aromatic rings. The van der Waals surface area contributed by atoms with Crippen LogP contribution in [0.25, 0.3) is 0 Å². The van der Waals surface area contributed by atoms with E-state index in [1.807, 2.05) is 0 Å². The van der Waals surface area contributed by atoms with Gasteiger partial charge in [-0.25, -0.2) is 0 Å². The molecule has 0 aromatic heterocycles. The first-order valence-corrected chi connectivity index (χ1v) is 6.26. The van der Waals surface area contributed by atoms with Gasteiger partial charge in [0.25, 0.3) is 0 Å². The molecule has 1 fully saturated rings. The number of carbonyl (C=O) groups is 1. The van der Waals surface area contributed by atoms with E-state index in [0.717, 1.165) is 12.8 Å². The molecule has 1 atom stereocenters. The van der Waals surface area contributed by atoms with Crippen LogP contribution in [0.5, 0.6) is 0 Å². The fourth-order valence-electron chi connectivity index (χ4n) is 2.19. The lowest BCUT2D eigenvalue weighted by Gasteiger charge is -2.40. The van der Waals surface area contributed by atoms with Crippen molar-refractivity contribution in [3.63, 3.8) is 0 Å². The zero-order valence-electron chi connectivity index (χ0n) is 10.6. The van der Waals surface area contributed by atoms with E-state index in [1.54, 1.807) is 7.11 Å². The summed E-state index contributed by atoms with van der Waals surface area (Å²) in [6.45, 7) is 1.39. The molecule has 1 aliphatic carbocycles. The van der Waals surface area contributed by atoms with Crippen LogP contribution in [0.1, 0.15) is 32.1 Å². The van der Waals surface area contributed by atoms with Gasteiger partial charge in [-0.05, 0) is 31.2 Å². The molecular formula is C12H24N2O3. The minimum Gasteiger partial charge on any atom is -0.391 e. The van der Waals surface area contributed by atoms with Gasteiger partial charge < -0.3 is 20.9 Å². The van der Waals surface area contributed by atoms with Crippen molar-refractivity contribution in [2.24, 2.45) is 11.1 Å². The Hall–Kier alpha value is -0.650. The van der Waals surface area contributed by atoms with Crippen molar-refractivity contribution in [3.05, 3.63) is 0 Å². The molecule has 0 aromatic carbocycles. The highest BCUT2D eigenvalue weighted by atomic mass is 16.5. The van der Waals surface area contributed by atoms with Crippen LogP contribution in [0.4, 0.5) is 0 Å². The molecule has 100 valence electrons. The Labute approximate surface area is 103 Å². The number of aliphatic hydroxyl groups excluding tert-OH is 1. The molecular weight excluding hydrogens is 220 g/mol. The largest absolute Gasteiger partial charge is 0.391 e. The average Bonchev–Trinajstić information content (AvgIpc) is 2.24. The molecule has 5 heteroatoms. The zero-order chi connectivity index (χ0) is 12.7. The van der Waals surface area contributed by atoms with Crippen LogP contribution < -0.4 is 11.1 Å². The van der Waals surface area contributed by atoms with E-state index in [9.17, 15) is 9.90 Å². The van der Waals surface area contributed by atoms with Crippen LogP contribution >= 0.6 is 0 Å². The predicted octanol–water partition coefficient (Wildman–Crippen LogP) is 0.0191. The first kappa shape index (κ1) is 14.4. The molecule has 0 saturated heterocycles. The molecule has 0 aliphatic heterocycles. The van der Waals surface area contributed by atoms with Crippen molar-refractivity contribution in [1.29, 1.82) is 0 Å². The fourth-order valence-corrected chi connectivity index (χ4v) is 2.19. The van der Waals surface area contributed by atoms with Crippen molar-refractivity contribution in [3.8, 4) is 0 Å². The van der Waals surface area contributed by atoms with Gasteiger partial charge in [0.05, 0.1) is 12.7 Å². The lowest BCUT2D eigenvalue weighted by molar-refractivity contribution is -0.124. The summed E-state index contributed by atoms with van der Waals surface area (Å²) in [7, 11) is 1.55. The lowest BCUT2D eigenvalue weighted by atomic mass is 9.66. The SMILES string of the molecule is COCC(O)CCNC(=O)CC1(CN)CCC1. The molecule has 1 saturated carbocycles. The Morgan fingerprint density at radius 1 is 1.59 bits per heavy atom. The maximum absolute atomic E-state index is 11.7. The van der Waals surface area contributed by atoms with Crippen LogP contribution in [0.3, 0.4) is 0 Å². The highest BCUT2D eigenvalue weighted by Crippen LogP contribution is 2.42. The second-order valence-electron chi connectivity index (χ2n) is 4.98. The molecule has 1 aliphatic rings. The van der Waals surface area contributed by atoms with Crippen LogP contribution in [0.15, 0.2) is 0 Å². The molecule has 1 unspecified atom stereocenters. The van der Waals surface area contributed by atoms with Crippen molar-refractivity contribution >= 4 is 5.91 Å². The summed E-state index contributed by atoms with van der Waals surface area (Å²) in [6, 6.07) is 0. The van der Waals surface area contributed by atoms with Crippen LogP contribution in [-0.4, -0.2) is 43.9 Å². The number of methoxy groups -OCH3 is 1. The van der Waals surface area contributed by atoms with Crippen molar-refractivity contribution < 1.29 is 14.6 Å². The number of hydrogen-bond acceptors (Lipinski definition) is 4. The summed E-state index contributed by atoms with van der Waals surface area (Å²) in [5, 5.41) is 12.2. The molecule has 1 amide bonds. The summed E-state index contributed by atoms with van der Waals surface area (Å²) in [6.07, 6.45) is 3.83. The van der Waals surface area contributed by atoms with Gasteiger partial charge in [0, 0.05) is 20.1 Å². The second-order valence-corrected chi connectivity index (χ2v) is 4.98. The zero-order valence-corrected chi connectivity index (χ0v) is 10.6. The third kappa shape index (κ3) is 4.61. The Morgan fingerprint density at radius 2 is 2.29 bits per heavy atom. The van der Waals surface area contributed by atoms with Crippen LogP contribution in [0.2, 0.25) is 0 Å². The van der Waals surface area contributed by atoms with E-state index < -0.39 is 6.10 Å². The Bertz CT molecular complexity index is 236. The van der Waals surface area contributed by atoms with Gasteiger partial charge >= 0.3 is 0 Å². The van der Waals surface area contributed by atoms with Crippen molar-refractivity contribution in [2.45, 2.75) is 38.2 Å². The maximum Gasteiger partial charge on any atom is 0.220 e. The van der Waals surface area contributed by atoms with Crippen molar-refractivity contribution in [1.82, 2.24) is 5.32 Å². The number of aliphatic hydroxyl groups is 1. The van der Waals surface area contributed by atoms with Gasteiger partial charge in [-0.1, -0.05) is 6.42 Å². The summed E-state index contributed by atoms with van der Waals surface area (Å²) in [4.78, 5) is 11.7. The fraction of sp³-hybridized carbons (Fsp3) is 0.917. The number of nitrogens with one attached hydrogen (secondary N) is 1. The highest BCUT2D eigenvalue weighted by Gasteiger charge is 2.37. The van der Waals surface area contributed by atoms with E-state index in [2.05, 4.69) is 5.32 Å². The third-order valence-electron chi connectivity index (χ3n) is 3.54. The number of carbonyl (C=O) groups excluding carboxylic acids is 1. The average molecular weight is 244 g/mol. The number of hydrogen-bond donors (Lipinski definition) is 3. The minimum atomic E-state index is -0.507. The van der Waals surface area contributed by atoms with E-state index in [1.165, 1.54) is 6.42 Å². The molecule has 4 N–H and O–H groups in total. The lowest BCUT2D eigenvalue weighted by Crippen LogP contribution is -2.42. The van der Waals surface area contributed by atoms with E-state index in [0.29, 0.717) is 32.5 Å². The summed E-state index contributed by atoms with van der Waals surface area (Å²) >= 11 is 0. The second kappa shape index (κ2) is 6.93. The summed E-state index contributed by atoms with van der Waals surface area (Å²) < 4.78 is 4.81. The highest BCUT2D eigenvalue weighted by molar-refractivity contribution is 5.76. The first-order valence-electron chi connectivity index (χ1n) is 6.26. The summed E-state index contributed by atoms with van der Waals surface area (Å²) in [5.74, 6) is 0.0415. The quantitative estimate of drug-likeness (QED) is 0.562. The Kier molecular flexibility index (Phi) is 5.88. The van der Waals surface area contributed by atoms with E-state index in [-0.39, 0.29) is 11.3 Å². The standard InChI is InChI=1S/C12H24N2O3/c1-17-8-10(15)3-6-14-11(16)7-12(9-13)4-2-5-12/h10,15H,2-9,13H2,1H3,(H,14,16). The first-order chi connectivity index (χ1) is 8.12. The van der Waals surface area contributed by atoms with Crippen LogP contribution in [0, 0.1) is 5.41 Å². The summed E-state index contributed by atoms with van der Waals surface area (Å²) in [5.41, 5.74) is 5.75. The number of rotatable bonds is 8. The molecule has 0 radical (unpaired) electrons. The molecule has 0 spiro atoms. The smallest absolute Gasteiger partial charge is 0.220 e. The van der Waals surface area contributed by atoms with Gasteiger partial charge in [-0.15, -0.1) is 0 Å². The Balaban J connectivity index is 2.13. The van der Waals surface area contributed by atoms with Gasteiger partial charge in [0.2, 0.25) is 5.91 Å². The van der Waals surface area contributed by atoms with E-state index in [4.69, 9.17) is 10.5 Å². The van der Waals surface area contributed by atoms with Gasteiger partial charge in [0.1, 0.15) is 0 Å². The monoisotopic (exact) mass is 244 g/mol. The maximum atomic E-state index is 11.7. The number of ether oxygens (including phenoxy) is 1. The molecule has 1 rings (SSSR count). The number of amides is 1. The number of nitrogens with two attached hydrogens (primary N) is 1. The molecule has 5 nitrogen and oxygen atoms in total. The normalized spacial score (nSPS) is 19.5. The van der Waals surface area contributed by atoms with Gasteiger partial charge in [-0.2, -0.15) is 0 Å². The molecule has 17 heavy (non-hydrogen) atoms.